The molecule has 2 aromatic carbocycles. The number of phenols is 4. The molecule has 12 nitrogen and oxygen atoms in total. The lowest BCUT2D eigenvalue weighted by atomic mass is 9.99. The van der Waals surface area contributed by atoms with Gasteiger partial charge in [-0.1, -0.05) is 0 Å². The molecular formula is C23H22O12. The van der Waals surface area contributed by atoms with Crippen LogP contribution in [0.15, 0.2) is 39.5 Å². The first kappa shape index (κ1) is 24.1. The van der Waals surface area contributed by atoms with Gasteiger partial charge in [0.1, 0.15) is 28.6 Å². The highest BCUT2D eigenvalue weighted by Gasteiger charge is 2.46. The number of carbonyl (C=O) groups excluding carboxylic acids is 1. The van der Waals surface area contributed by atoms with Crippen molar-refractivity contribution < 1.29 is 54.1 Å². The summed E-state index contributed by atoms with van der Waals surface area (Å²) in [5.41, 5.74) is -1.11. The lowest BCUT2D eigenvalue weighted by Gasteiger charge is -2.40. The quantitative estimate of drug-likeness (QED) is 0.225. The number of esters is 1. The molecule has 186 valence electrons. The zero-order valence-corrected chi connectivity index (χ0v) is 18.4. The normalized spacial score (nSPS) is 24.3. The van der Waals surface area contributed by atoms with Crippen molar-refractivity contribution in [2.75, 3.05) is 0 Å². The van der Waals surface area contributed by atoms with Crippen LogP contribution in [0.1, 0.15) is 13.8 Å². The van der Waals surface area contributed by atoms with Gasteiger partial charge >= 0.3 is 5.97 Å². The van der Waals surface area contributed by atoms with E-state index in [0.717, 1.165) is 31.2 Å². The number of phenolic OH excluding ortho intramolecular Hbond substituents is 4. The summed E-state index contributed by atoms with van der Waals surface area (Å²) in [6, 6.07) is 5.48. The summed E-state index contributed by atoms with van der Waals surface area (Å²) in [7, 11) is 0. The van der Waals surface area contributed by atoms with Crippen molar-refractivity contribution in [3.63, 3.8) is 0 Å². The Morgan fingerprint density at radius 2 is 1.69 bits per heavy atom. The minimum Gasteiger partial charge on any atom is -0.508 e. The molecule has 0 spiro atoms. The molecule has 35 heavy (non-hydrogen) atoms. The largest absolute Gasteiger partial charge is 0.508 e. The predicted octanol–water partition coefficient (Wildman–Crippen LogP) is 1.06. The molecule has 1 aliphatic rings. The second-order valence-electron chi connectivity index (χ2n) is 8.01. The third-order valence-electron chi connectivity index (χ3n) is 5.47. The molecular weight excluding hydrogens is 468 g/mol. The maximum Gasteiger partial charge on any atom is 0.303 e. The number of aliphatic hydroxyl groups excluding tert-OH is 2. The van der Waals surface area contributed by atoms with E-state index in [9.17, 15) is 40.2 Å². The number of hydrogen-bond donors (Lipinski definition) is 6. The van der Waals surface area contributed by atoms with Crippen LogP contribution < -0.4 is 10.2 Å². The Morgan fingerprint density at radius 3 is 2.34 bits per heavy atom. The Kier molecular flexibility index (Phi) is 6.19. The van der Waals surface area contributed by atoms with Gasteiger partial charge < -0.3 is 49.3 Å². The topological polar surface area (TPSA) is 196 Å². The Balaban J connectivity index is 1.88. The number of ether oxygens (including phenoxy) is 3. The Hall–Kier alpha value is -4.00. The number of aromatic hydroxyl groups is 4. The molecule has 1 aliphatic heterocycles. The van der Waals surface area contributed by atoms with Crippen LogP contribution in [0.25, 0.3) is 22.3 Å². The van der Waals surface area contributed by atoms with Gasteiger partial charge in [-0.3, -0.25) is 9.59 Å². The molecule has 12 heteroatoms. The van der Waals surface area contributed by atoms with Crippen LogP contribution in [0.5, 0.6) is 28.7 Å². The van der Waals surface area contributed by atoms with E-state index < -0.39 is 70.9 Å². The first-order chi connectivity index (χ1) is 16.5. The molecule has 0 bridgehead atoms. The van der Waals surface area contributed by atoms with Gasteiger partial charge in [-0.2, -0.15) is 0 Å². The van der Waals surface area contributed by atoms with Crippen LogP contribution in [0.2, 0.25) is 0 Å². The van der Waals surface area contributed by atoms with Crippen LogP contribution in [0.3, 0.4) is 0 Å². The van der Waals surface area contributed by atoms with Gasteiger partial charge in [0.05, 0.1) is 6.10 Å². The predicted molar refractivity (Wildman–Crippen MR) is 117 cm³/mol. The molecule has 1 saturated heterocycles. The van der Waals surface area contributed by atoms with Gasteiger partial charge in [0.25, 0.3) is 0 Å². The van der Waals surface area contributed by atoms with E-state index >= 15 is 0 Å². The third kappa shape index (κ3) is 4.41. The van der Waals surface area contributed by atoms with E-state index in [1.54, 1.807) is 0 Å². The molecule has 0 radical (unpaired) electrons. The minimum absolute atomic E-state index is 0.0482. The van der Waals surface area contributed by atoms with E-state index in [0.29, 0.717) is 0 Å². The standard InChI is InChI=1S/C23H22O12/c1-8-17(29)21(33-9(2)24)19(31)23(32-8)35-22-18(30)16-14(28)6-11(25)7-15(16)34-20(22)10-3-4-12(26)13(27)5-10/h3-8,17,19,21,23,25-29,31H,1-2H3/t8-,17-,19-,21+,23-/m0/s1. The lowest BCUT2D eigenvalue weighted by molar-refractivity contribution is -0.272. The molecule has 3 aromatic rings. The third-order valence-corrected chi connectivity index (χ3v) is 5.47. The molecule has 4 rings (SSSR count). The molecule has 1 fully saturated rings. The SMILES string of the molecule is CC(=O)O[C@H]1[C@H](O)[C@H](Oc2c(-c3ccc(O)c(O)c3)oc3cc(O)cc(O)c3c2=O)O[C@@H](C)[C@@H]1O. The van der Waals surface area contributed by atoms with Crippen molar-refractivity contribution in [2.24, 2.45) is 0 Å². The van der Waals surface area contributed by atoms with Gasteiger partial charge in [-0.05, 0) is 25.1 Å². The fourth-order valence-electron chi connectivity index (χ4n) is 3.77. The second kappa shape index (κ2) is 8.98. The van der Waals surface area contributed by atoms with Crippen LogP contribution >= 0.6 is 0 Å². The summed E-state index contributed by atoms with van der Waals surface area (Å²) < 4.78 is 21.9. The highest BCUT2D eigenvalue weighted by Crippen LogP contribution is 2.39. The van der Waals surface area contributed by atoms with Gasteiger partial charge in [-0.15, -0.1) is 0 Å². The summed E-state index contributed by atoms with van der Waals surface area (Å²) in [6.07, 6.45) is -7.22. The van der Waals surface area contributed by atoms with E-state index in [4.69, 9.17) is 18.6 Å². The van der Waals surface area contributed by atoms with Gasteiger partial charge in [-0.25, -0.2) is 0 Å². The number of carbonyl (C=O) groups is 1. The van der Waals surface area contributed by atoms with Crippen molar-refractivity contribution in [1.82, 2.24) is 0 Å². The molecule has 6 N–H and O–H groups in total. The highest BCUT2D eigenvalue weighted by atomic mass is 16.7. The first-order valence-electron chi connectivity index (χ1n) is 10.4. The monoisotopic (exact) mass is 490 g/mol. The molecule has 1 aromatic heterocycles. The van der Waals surface area contributed by atoms with Crippen molar-refractivity contribution in [2.45, 2.75) is 44.6 Å². The Morgan fingerprint density at radius 1 is 0.971 bits per heavy atom. The minimum atomic E-state index is -1.74. The molecule has 0 unspecified atom stereocenters. The molecule has 0 amide bonds. The first-order valence-corrected chi connectivity index (χ1v) is 10.4. The summed E-state index contributed by atoms with van der Waals surface area (Å²) in [5, 5.41) is 60.3. The summed E-state index contributed by atoms with van der Waals surface area (Å²) in [6.45, 7) is 2.51. The van der Waals surface area contributed by atoms with Gasteiger partial charge in [0.15, 0.2) is 29.5 Å². The van der Waals surface area contributed by atoms with E-state index in [1.807, 2.05) is 0 Å². The zero-order valence-electron chi connectivity index (χ0n) is 18.4. The fraction of sp³-hybridized carbons (Fsp3) is 0.304. The average Bonchev–Trinajstić information content (AvgIpc) is 2.77. The summed E-state index contributed by atoms with van der Waals surface area (Å²) in [5.74, 6) is -3.67. The lowest BCUT2D eigenvalue weighted by Crippen LogP contribution is -2.59. The van der Waals surface area contributed by atoms with Crippen LogP contribution in [-0.4, -0.2) is 67.3 Å². The smallest absolute Gasteiger partial charge is 0.303 e. The van der Waals surface area contributed by atoms with Crippen LogP contribution in [0, 0.1) is 0 Å². The molecule has 2 heterocycles. The number of benzene rings is 2. The average molecular weight is 490 g/mol. The number of rotatable bonds is 4. The summed E-state index contributed by atoms with van der Waals surface area (Å²) in [4.78, 5) is 24.8. The molecule has 5 atom stereocenters. The number of aliphatic hydroxyl groups is 2. The number of fused-ring (bicyclic) bond motifs is 1. The summed E-state index contributed by atoms with van der Waals surface area (Å²) >= 11 is 0. The maximum atomic E-state index is 13.4. The second-order valence-corrected chi connectivity index (χ2v) is 8.01. The van der Waals surface area contributed by atoms with Crippen LogP contribution in [0.4, 0.5) is 0 Å². The number of hydrogen-bond acceptors (Lipinski definition) is 12. The maximum absolute atomic E-state index is 13.4. The Bertz CT molecular complexity index is 1350. The van der Waals surface area contributed by atoms with Gasteiger partial charge in [0.2, 0.25) is 17.5 Å². The van der Waals surface area contributed by atoms with Gasteiger partial charge in [0, 0.05) is 24.6 Å². The zero-order chi connectivity index (χ0) is 25.6. The Labute approximate surface area is 196 Å². The van der Waals surface area contributed by atoms with Crippen molar-refractivity contribution in [1.29, 1.82) is 0 Å². The highest BCUT2D eigenvalue weighted by molar-refractivity contribution is 5.88. The van der Waals surface area contributed by atoms with E-state index in [-0.39, 0.29) is 22.3 Å². The molecule has 0 aliphatic carbocycles. The van der Waals surface area contributed by atoms with Crippen molar-refractivity contribution in [3.8, 4) is 40.1 Å². The molecule has 0 saturated carbocycles. The fourth-order valence-corrected chi connectivity index (χ4v) is 3.77. The van der Waals surface area contributed by atoms with Crippen LogP contribution in [-0.2, 0) is 14.3 Å². The van der Waals surface area contributed by atoms with E-state index in [2.05, 4.69) is 0 Å². The van der Waals surface area contributed by atoms with Crippen molar-refractivity contribution >= 4 is 16.9 Å². The van der Waals surface area contributed by atoms with E-state index in [1.165, 1.54) is 13.0 Å². The van der Waals surface area contributed by atoms with Crippen molar-refractivity contribution in [3.05, 3.63) is 40.6 Å².